The molecular weight excluding hydrogens is 246 g/mol. The first kappa shape index (κ1) is 13.3. The molecule has 3 nitrogen and oxygen atoms in total. The van der Waals surface area contributed by atoms with E-state index in [1.165, 1.54) is 0 Å². The fourth-order valence-electron chi connectivity index (χ4n) is 2.07. The van der Waals surface area contributed by atoms with Crippen molar-refractivity contribution in [2.24, 2.45) is 5.92 Å². The molecule has 2 atom stereocenters. The fourth-order valence-corrected chi connectivity index (χ4v) is 2.22. The highest BCUT2D eigenvalue weighted by molar-refractivity contribution is 6.20. The highest BCUT2D eigenvalue weighted by Crippen LogP contribution is 2.30. The van der Waals surface area contributed by atoms with Gasteiger partial charge in [-0.2, -0.15) is 0 Å². The number of hydrogen-bond donors (Lipinski definition) is 0. The van der Waals surface area contributed by atoms with Crippen molar-refractivity contribution in [2.75, 3.05) is 0 Å². The van der Waals surface area contributed by atoms with Crippen LogP contribution in [0.2, 0.25) is 0 Å². The van der Waals surface area contributed by atoms with Crippen molar-refractivity contribution in [3.05, 3.63) is 23.7 Å². The minimum Gasteiger partial charge on any atom is -0.308 e. The first-order chi connectivity index (χ1) is 8.41. The van der Waals surface area contributed by atoms with Gasteiger partial charge in [0.25, 0.3) is 0 Å². The number of halogens is 1. The Bertz CT molecular complexity index is 557. The lowest BCUT2D eigenvalue weighted by Crippen LogP contribution is -2.15. The monoisotopic (exact) mass is 265 g/mol. The molecule has 4 heteroatoms. The van der Waals surface area contributed by atoms with Gasteiger partial charge in [0, 0.05) is 11.7 Å². The van der Waals surface area contributed by atoms with Gasteiger partial charge in [-0.25, -0.2) is 9.97 Å². The van der Waals surface area contributed by atoms with E-state index in [1.54, 1.807) is 0 Å². The molecule has 18 heavy (non-hydrogen) atoms. The summed E-state index contributed by atoms with van der Waals surface area (Å²) in [5.41, 5.74) is 2.88. The second-order valence-corrected chi connectivity index (χ2v) is 5.89. The van der Waals surface area contributed by atoms with Gasteiger partial charge in [-0.1, -0.05) is 13.8 Å². The fraction of sp³-hybridized carbons (Fsp3) is 0.571. The third-order valence-corrected chi connectivity index (χ3v) is 3.63. The van der Waals surface area contributed by atoms with Crippen molar-refractivity contribution in [3.63, 3.8) is 0 Å². The summed E-state index contributed by atoms with van der Waals surface area (Å²) in [4.78, 5) is 9.25. The number of alkyl halides is 1. The van der Waals surface area contributed by atoms with Crippen molar-refractivity contribution in [2.45, 2.75) is 46.0 Å². The van der Waals surface area contributed by atoms with Gasteiger partial charge in [-0.05, 0) is 38.8 Å². The molecule has 2 unspecified atom stereocenters. The molecule has 0 aliphatic rings. The summed E-state index contributed by atoms with van der Waals surface area (Å²) in [5, 5.41) is -0.110. The maximum absolute atomic E-state index is 6.26. The Morgan fingerprint density at radius 2 is 1.78 bits per heavy atom. The Morgan fingerprint density at radius 3 is 2.33 bits per heavy atom. The average molecular weight is 266 g/mol. The zero-order valence-electron chi connectivity index (χ0n) is 11.6. The predicted octanol–water partition coefficient (Wildman–Crippen LogP) is 4.26. The molecule has 0 N–H and O–H groups in total. The van der Waals surface area contributed by atoms with E-state index in [0.717, 1.165) is 22.7 Å². The second kappa shape index (κ2) is 4.88. The first-order valence-electron chi connectivity index (χ1n) is 6.41. The number of aromatic nitrogens is 3. The van der Waals surface area contributed by atoms with Crippen LogP contribution in [0.4, 0.5) is 0 Å². The lowest BCUT2D eigenvalue weighted by Gasteiger charge is -2.21. The zero-order valence-corrected chi connectivity index (χ0v) is 12.4. The summed E-state index contributed by atoms with van der Waals surface area (Å²) in [6.07, 6.45) is 0. The van der Waals surface area contributed by atoms with Crippen molar-refractivity contribution in [1.29, 1.82) is 0 Å². The third-order valence-electron chi connectivity index (χ3n) is 3.43. The van der Waals surface area contributed by atoms with Crippen LogP contribution in [0.5, 0.6) is 0 Å². The van der Waals surface area contributed by atoms with Gasteiger partial charge in [0.1, 0.15) is 11.3 Å². The Kier molecular flexibility index (Phi) is 3.62. The van der Waals surface area contributed by atoms with Gasteiger partial charge < -0.3 is 4.57 Å². The molecule has 2 aromatic rings. The molecule has 0 aromatic carbocycles. The number of nitrogens with zero attached hydrogens (tertiary/aromatic N) is 3. The van der Waals surface area contributed by atoms with E-state index in [0.29, 0.717) is 12.0 Å². The van der Waals surface area contributed by atoms with Crippen LogP contribution in [0, 0.1) is 12.8 Å². The summed E-state index contributed by atoms with van der Waals surface area (Å²) in [6, 6.07) is 4.34. The van der Waals surface area contributed by atoms with Crippen LogP contribution in [0.25, 0.3) is 11.2 Å². The molecule has 0 spiro atoms. The molecule has 2 heterocycles. The van der Waals surface area contributed by atoms with Crippen LogP contribution in [-0.2, 0) is 0 Å². The lowest BCUT2D eigenvalue weighted by molar-refractivity contribution is 0.404. The van der Waals surface area contributed by atoms with Crippen molar-refractivity contribution < 1.29 is 0 Å². The normalized spacial score (nSPS) is 15.3. The van der Waals surface area contributed by atoms with E-state index in [-0.39, 0.29) is 5.38 Å². The maximum Gasteiger partial charge on any atom is 0.160 e. The molecule has 2 aromatic heterocycles. The SMILES string of the molecule is Cc1ccc2nc(C(C)Cl)n(C(C)C(C)C)c2n1. The number of hydrogen-bond acceptors (Lipinski definition) is 2. The van der Waals surface area contributed by atoms with Crippen LogP contribution in [0.15, 0.2) is 12.1 Å². The maximum atomic E-state index is 6.26. The molecule has 0 saturated heterocycles. The molecule has 0 bridgehead atoms. The second-order valence-electron chi connectivity index (χ2n) is 5.24. The van der Waals surface area contributed by atoms with Crippen molar-refractivity contribution >= 4 is 22.8 Å². The lowest BCUT2D eigenvalue weighted by atomic mass is 10.1. The molecule has 98 valence electrons. The van der Waals surface area contributed by atoms with E-state index >= 15 is 0 Å². The average Bonchev–Trinajstić information content (AvgIpc) is 2.66. The largest absolute Gasteiger partial charge is 0.308 e. The van der Waals surface area contributed by atoms with E-state index in [2.05, 4.69) is 35.3 Å². The van der Waals surface area contributed by atoms with E-state index in [4.69, 9.17) is 11.6 Å². The molecule has 0 fully saturated rings. The molecule has 0 aliphatic heterocycles. The van der Waals surface area contributed by atoms with Crippen LogP contribution < -0.4 is 0 Å². The number of aryl methyl sites for hydroxylation is 1. The third kappa shape index (κ3) is 2.24. The number of rotatable bonds is 3. The van der Waals surface area contributed by atoms with Gasteiger partial charge in [0.05, 0.1) is 5.38 Å². The molecule has 0 aliphatic carbocycles. The summed E-state index contributed by atoms with van der Waals surface area (Å²) < 4.78 is 2.19. The van der Waals surface area contributed by atoms with Gasteiger partial charge in [-0.15, -0.1) is 11.6 Å². The molecule has 0 amide bonds. The van der Waals surface area contributed by atoms with E-state index in [9.17, 15) is 0 Å². The predicted molar refractivity (Wildman–Crippen MR) is 76.1 cm³/mol. The van der Waals surface area contributed by atoms with Gasteiger partial charge in [-0.3, -0.25) is 0 Å². The van der Waals surface area contributed by atoms with Crippen LogP contribution in [0.1, 0.15) is 50.6 Å². The quantitative estimate of drug-likeness (QED) is 0.777. The summed E-state index contributed by atoms with van der Waals surface area (Å²) in [7, 11) is 0. The van der Waals surface area contributed by atoms with Gasteiger partial charge in [0.2, 0.25) is 0 Å². The number of pyridine rings is 1. The van der Waals surface area contributed by atoms with Crippen molar-refractivity contribution in [3.8, 4) is 0 Å². The van der Waals surface area contributed by atoms with Crippen LogP contribution in [-0.4, -0.2) is 14.5 Å². The smallest absolute Gasteiger partial charge is 0.160 e. The molecule has 2 rings (SSSR count). The standard InChI is InChI=1S/C14H20ClN3/c1-8(2)11(5)18-13(10(4)15)17-12-7-6-9(3)16-14(12)18/h6-8,10-11H,1-5H3. The first-order valence-corrected chi connectivity index (χ1v) is 6.85. The van der Waals surface area contributed by atoms with Crippen LogP contribution in [0.3, 0.4) is 0 Å². The minimum absolute atomic E-state index is 0.110. The molecular formula is C14H20ClN3. The van der Waals surface area contributed by atoms with E-state index < -0.39 is 0 Å². The minimum atomic E-state index is -0.110. The highest BCUT2D eigenvalue weighted by atomic mass is 35.5. The Labute approximate surface area is 113 Å². The Hall–Kier alpha value is -1.09. The molecule has 0 saturated carbocycles. The summed E-state index contributed by atoms with van der Waals surface area (Å²) >= 11 is 6.26. The van der Waals surface area contributed by atoms with Crippen molar-refractivity contribution in [1.82, 2.24) is 14.5 Å². The molecule has 0 radical (unpaired) electrons. The summed E-state index contributed by atoms with van der Waals surface area (Å²) in [5.74, 6) is 1.42. The zero-order chi connectivity index (χ0) is 13.4. The Morgan fingerprint density at radius 1 is 1.11 bits per heavy atom. The number of imidazole rings is 1. The Balaban J connectivity index is 2.72. The van der Waals surface area contributed by atoms with Crippen LogP contribution >= 0.6 is 11.6 Å². The van der Waals surface area contributed by atoms with Gasteiger partial charge >= 0.3 is 0 Å². The highest BCUT2D eigenvalue weighted by Gasteiger charge is 2.21. The summed E-state index contributed by atoms with van der Waals surface area (Å²) in [6.45, 7) is 10.6. The van der Waals surface area contributed by atoms with Gasteiger partial charge in [0.15, 0.2) is 5.65 Å². The number of fused-ring (bicyclic) bond motifs is 1. The van der Waals surface area contributed by atoms with E-state index in [1.807, 2.05) is 26.0 Å². The topological polar surface area (TPSA) is 30.7 Å².